The number of hydrogen-bond acceptors (Lipinski definition) is 4. The Labute approximate surface area is 120 Å². The fourth-order valence-electron chi connectivity index (χ4n) is 1.95. The highest BCUT2D eigenvalue weighted by Crippen LogP contribution is 2.35. The maximum absolute atomic E-state index is 13.2. The Morgan fingerprint density at radius 1 is 1.10 bits per heavy atom. The number of anilines is 3. The van der Waals surface area contributed by atoms with Crippen LogP contribution in [0.25, 0.3) is 0 Å². The molecule has 3 N–H and O–H groups in total. The summed E-state index contributed by atoms with van der Waals surface area (Å²) in [6.07, 6.45) is 0. The Morgan fingerprint density at radius 2 is 1.85 bits per heavy atom. The maximum Gasteiger partial charge on any atom is 0.163 e. The predicted octanol–water partition coefficient (Wildman–Crippen LogP) is 3.58. The zero-order valence-electron chi connectivity index (χ0n) is 10.5. The van der Waals surface area contributed by atoms with Crippen molar-refractivity contribution in [3.05, 3.63) is 41.2 Å². The molecule has 0 unspecified atom stereocenters. The van der Waals surface area contributed by atoms with Crippen LogP contribution in [0.5, 0.6) is 11.5 Å². The molecule has 0 bridgehead atoms. The minimum atomic E-state index is -0.545. The summed E-state index contributed by atoms with van der Waals surface area (Å²) in [5.74, 6) is 0.817. The average molecular weight is 295 g/mol. The molecule has 1 heterocycles. The second kappa shape index (κ2) is 5.09. The van der Waals surface area contributed by atoms with Crippen LogP contribution in [0.3, 0.4) is 0 Å². The van der Waals surface area contributed by atoms with Gasteiger partial charge < -0.3 is 20.5 Å². The molecule has 20 heavy (non-hydrogen) atoms. The largest absolute Gasteiger partial charge is 0.486 e. The molecule has 3 rings (SSSR count). The molecule has 0 spiro atoms. The summed E-state index contributed by atoms with van der Waals surface area (Å²) in [5.41, 5.74) is 7.33. The zero-order valence-corrected chi connectivity index (χ0v) is 11.2. The van der Waals surface area contributed by atoms with Crippen molar-refractivity contribution in [2.45, 2.75) is 0 Å². The molecule has 1 aliphatic heterocycles. The van der Waals surface area contributed by atoms with Crippen molar-refractivity contribution in [3.8, 4) is 11.5 Å². The number of benzene rings is 2. The van der Waals surface area contributed by atoms with Gasteiger partial charge in [0.15, 0.2) is 11.5 Å². The maximum atomic E-state index is 13.2. The van der Waals surface area contributed by atoms with Gasteiger partial charge in [-0.15, -0.1) is 0 Å². The summed E-state index contributed by atoms with van der Waals surface area (Å²) in [5, 5.41) is 3.09. The van der Waals surface area contributed by atoms with Crippen LogP contribution in [0.15, 0.2) is 30.3 Å². The van der Waals surface area contributed by atoms with Crippen molar-refractivity contribution in [1.29, 1.82) is 0 Å². The van der Waals surface area contributed by atoms with Crippen molar-refractivity contribution in [1.82, 2.24) is 0 Å². The van der Waals surface area contributed by atoms with Crippen LogP contribution >= 0.6 is 11.6 Å². The van der Waals surface area contributed by atoms with E-state index in [4.69, 9.17) is 26.8 Å². The summed E-state index contributed by atoms with van der Waals surface area (Å²) >= 11 is 5.75. The number of nitrogens with two attached hydrogens (primary N) is 1. The third-order valence-corrected chi connectivity index (χ3v) is 3.20. The zero-order chi connectivity index (χ0) is 14.1. The Hall–Kier alpha value is -2.14. The van der Waals surface area contributed by atoms with E-state index < -0.39 is 5.82 Å². The van der Waals surface area contributed by atoms with Crippen LogP contribution in [0, 0.1) is 5.82 Å². The summed E-state index contributed by atoms with van der Waals surface area (Å²) in [4.78, 5) is 0. The van der Waals surface area contributed by atoms with Crippen molar-refractivity contribution >= 4 is 28.7 Å². The SMILES string of the molecule is Nc1cc(F)c(Cl)cc1Nc1ccc2c(c1)OCCO2. The topological polar surface area (TPSA) is 56.5 Å². The summed E-state index contributed by atoms with van der Waals surface area (Å²) in [6.45, 7) is 1.06. The van der Waals surface area contributed by atoms with Gasteiger partial charge in [-0.05, 0) is 18.2 Å². The molecule has 2 aromatic rings. The monoisotopic (exact) mass is 294 g/mol. The molecule has 0 fully saturated rings. The summed E-state index contributed by atoms with van der Waals surface area (Å²) in [6, 6.07) is 8.05. The van der Waals surface area contributed by atoms with Gasteiger partial charge in [-0.3, -0.25) is 0 Å². The van der Waals surface area contributed by atoms with Crippen molar-refractivity contribution in [2.75, 3.05) is 24.3 Å². The van der Waals surface area contributed by atoms with Gasteiger partial charge in [-0.1, -0.05) is 11.6 Å². The first-order valence-corrected chi connectivity index (χ1v) is 6.42. The summed E-state index contributed by atoms with van der Waals surface area (Å²) in [7, 11) is 0. The average Bonchev–Trinajstić information content (AvgIpc) is 2.44. The number of nitrogen functional groups attached to an aromatic ring is 1. The molecule has 6 heteroatoms. The number of hydrogen-bond donors (Lipinski definition) is 2. The molecule has 104 valence electrons. The number of ether oxygens (including phenoxy) is 2. The van der Waals surface area contributed by atoms with Crippen LogP contribution in [0.2, 0.25) is 5.02 Å². The third-order valence-electron chi connectivity index (χ3n) is 2.91. The Morgan fingerprint density at radius 3 is 2.65 bits per heavy atom. The van der Waals surface area contributed by atoms with Crippen LogP contribution in [-0.2, 0) is 0 Å². The molecule has 0 aliphatic carbocycles. The van der Waals surface area contributed by atoms with Crippen LogP contribution in [0.4, 0.5) is 21.5 Å². The fourth-order valence-corrected chi connectivity index (χ4v) is 2.11. The van der Waals surface area contributed by atoms with E-state index in [-0.39, 0.29) is 10.7 Å². The van der Waals surface area contributed by atoms with E-state index in [1.807, 2.05) is 6.07 Å². The predicted molar refractivity (Wildman–Crippen MR) is 76.5 cm³/mol. The van der Waals surface area contributed by atoms with Crippen molar-refractivity contribution in [3.63, 3.8) is 0 Å². The first-order valence-electron chi connectivity index (χ1n) is 6.04. The third kappa shape index (κ3) is 2.44. The number of fused-ring (bicyclic) bond motifs is 1. The van der Waals surface area contributed by atoms with E-state index in [2.05, 4.69) is 5.32 Å². The molecule has 1 aliphatic rings. The molecule has 0 saturated carbocycles. The molecule has 4 nitrogen and oxygen atoms in total. The molecule has 0 aromatic heterocycles. The van der Waals surface area contributed by atoms with Crippen molar-refractivity contribution < 1.29 is 13.9 Å². The van der Waals surface area contributed by atoms with Crippen LogP contribution in [-0.4, -0.2) is 13.2 Å². The standard InChI is InChI=1S/C14H12ClFN2O2/c15-9-6-12(11(17)7-10(9)16)18-8-1-2-13-14(5-8)20-4-3-19-13/h1-2,5-7,18H,3-4,17H2. The highest BCUT2D eigenvalue weighted by atomic mass is 35.5. The Kier molecular flexibility index (Phi) is 3.28. The quantitative estimate of drug-likeness (QED) is 0.831. The molecule has 0 saturated heterocycles. The Balaban J connectivity index is 1.89. The lowest BCUT2D eigenvalue weighted by Crippen LogP contribution is -2.15. The second-order valence-corrected chi connectivity index (χ2v) is 4.74. The number of rotatable bonds is 2. The number of halogens is 2. The molecular weight excluding hydrogens is 283 g/mol. The molecule has 0 amide bonds. The van der Waals surface area contributed by atoms with E-state index in [1.54, 1.807) is 12.1 Å². The highest BCUT2D eigenvalue weighted by molar-refractivity contribution is 6.31. The first kappa shape index (κ1) is 12.9. The summed E-state index contributed by atoms with van der Waals surface area (Å²) < 4.78 is 24.2. The molecular formula is C14H12ClFN2O2. The lowest BCUT2D eigenvalue weighted by Gasteiger charge is -2.19. The van der Waals surface area contributed by atoms with E-state index in [1.165, 1.54) is 12.1 Å². The highest BCUT2D eigenvalue weighted by Gasteiger charge is 2.12. The molecule has 2 aromatic carbocycles. The Bertz CT molecular complexity index is 664. The minimum Gasteiger partial charge on any atom is -0.486 e. The van der Waals surface area contributed by atoms with Gasteiger partial charge in [0.25, 0.3) is 0 Å². The second-order valence-electron chi connectivity index (χ2n) is 4.34. The van der Waals surface area contributed by atoms with Gasteiger partial charge in [0.2, 0.25) is 0 Å². The van der Waals surface area contributed by atoms with Gasteiger partial charge in [-0.2, -0.15) is 0 Å². The van der Waals surface area contributed by atoms with Gasteiger partial charge in [-0.25, -0.2) is 4.39 Å². The van der Waals surface area contributed by atoms with Crippen LogP contribution in [0.1, 0.15) is 0 Å². The van der Waals surface area contributed by atoms with Crippen molar-refractivity contribution in [2.24, 2.45) is 0 Å². The fraction of sp³-hybridized carbons (Fsp3) is 0.143. The normalized spacial score (nSPS) is 13.1. The lowest BCUT2D eigenvalue weighted by atomic mass is 10.2. The molecule has 0 atom stereocenters. The van der Waals surface area contributed by atoms with Gasteiger partial charge in [0.1, 0.15) is 19.0 Å². The number of nitrogens with one attached hydrogen (secondary N) is 1. The van der Waals surface area contributed by atoms with Gasteiger partial charge in [0.05, 0.1) is 16.4 Å². The molecule has 0 radical (unpaired) electrons. The van der Waals surface area contributed by atoms with E-state index in [9.17, 15) is 4.39 Å². The van der Waals surface area contributed by atoms with Gasteiger partial charge >= 0.3 is 0 Å². The smallest absolute Gasteiger partial charge is 0.163 e. The lowest BCUT2D eigenvalue weighted by molar-refractivity contribution is 0.171. The van der Waals surface area contributed by atoms with E-state index >= 15 is 0 Å². The van der Waals surface area contributed by atoms with Gasteiger partial charge in [0, 0.05) is 17.8 Å². The van der Waals surface area contributed by atoms with E-state index in [0.29, 0.717) is 30.4 Å². The minimum absolute atomic E-state index is 0.0132. The van der Waals surface area contributed by atoms with E-state index in [0.717, 1.165) is 5.69 Å². The first-order chi connectivity index (χ1) is 9.63. The van der Waals surface area contributed by atoms with Crippen LogP contribution < -0.4 is 20.5 Å².